The first-order valence-corrected chi connectivity index (χ1v) is 3.93. The normalized spacial score (nSPS) is 17.4. The predicted molar refractivity (Wildman–Crippen MR) is 40.3 cm³/mol. The van der Waals surface area contributed by atoms with Gasteiger partial charge < -0.3 is 10.1 Å². The Morgan fingerprint density at radius 1 is 1.88 bits per heavy atom. The summed E-state index contributed by atoms with van der Waals surface area (Å²) in [5.41, 5.74) is 0. The van der Waals surface area contributed by atoms with Crippen LogP contribution in [0.1, 0.15) is 0 Å². The van der Waals surface area contributed by atoms with Gasteiger partial charge in [-0.05, 0) is 22.6 Å². The number of ether oxygens (including phenoxy) is 1. The minimum absolute atomic E-state index is 0.670. The number of rotatable bonds is 1. The largest absolute Gasteiger partial charge is 0.455 e. The van der Waals surface area contributed by atoms with E-state index in [0.29, 0.717) is 10.6 Å². The van der Waals surface area contributed by atoms with Crippen LogP contribution >= 0.6 is 22.6 Å². The van der Waals surface area contributed by atoms with Gasteiger partial charge >= 0.3 is 0 Å². The van der Waals surface area contributed by atoms with Crippen LogP contribution in [0.15, 0.2) is 4.99 Å². The minimum atomic E-state index is 0.670. The monoisotopic (exact) mass is 226 g/mol. The van der Waals surface area contributed by atoms with E-state index in [1.807, 2.05) is 0 Å². The summed E-state index contributed by atoms with van der Waals surface area (Å²) in [6.07, 6.45) is 0. The van der Waals surface area contributed by atoms with Crippen LogP contribution in [0.25, 0.3) is 0 Å². The maximum atomic E-state index is 5.03. The van der Waals surface area contributed by atoms with E-state index >= 15 is 0 Å². The molecule has 0 amide bonds. The van der Waals surface area contributed by atoms with E-state index in [1.54, 1.807) is 0 Å². The Hall–Kier alpha value is 0. The molecule has 0 radical (unpaired) electrons. The van der Waals surface area contributed by atoms with Crippen molar-refractivity contribution in [3.05, 3.63) is 0 Å². The molecule has 1 rings (SSSR count). The van der Waals surface area contributed by atoms with Crippen molar-refractivity contribution in [1.29, 1.82) is 0 Å². The first kappa shape index (κ1) is 6.12. The Kier molecular flexibility index (Phi) is 2.38. The number of hydrogen-bond acceptors (Lipinski definition) is 3. The van der Waals surface area contributed by atoms with Gasteiger partial charge in [-0.15, -0.1) is 0 Å². The van der Waals surface area contributed by atoms with Gasteiger partial charge in [0.25, 0.3) is 6.02 Å². The van der Waals surface area contributed by atoms with Crippen molar-refractivity contribution in [2.24, 2.45) is 4.99 Å². The molecule has 1 N–H and O–H groups in total. The molecule has 0 spiro atoms. The third-order valence-electron chi connectivity index (χ3n) is 0.835. The topological polar surface area (TPSA) is 33.6 Å². The molecule has 0 fully saturated rings. The van der Waals surface area contributed by atoms with E-state index in [4.69, 9.17) is 4.74 Å². The highest BCUT2D eigenvalue weighted by Crippen LogP contribution is 1.89. The fourth-order valence-electron chi connectivity index (χ4n) is 0.525. The van der Waals surface area contributed by atoms with E-state index in [1.165, 1.54) is 0 Å². The molecule has 0 saturated carbocycles. The smallest absolute Gasteiger partial charge is 0.285 e. The van der Waals surface area contributed by atoms with Crippen molar-refractivity contribution >= 4 is 28.6 Å². The zero-order chi connectivity index (χ0) is 5.82. The highest BCUT2D eigenvalue weighted by molar-refractivity contribution is 14.1. The number of hydrogen-bond donors (Lipinski definition) is 1. The number of nitrogens with zero attached hydrogens (tertiary/aromatic N) is 1. The number of alkyl halides is 1. The van der Waals surface area contributed by atoms with Gasteiger partial charge in [0.1, 0.15) is 4.61 Å². The molecule has 1 aliphatic heterocycles. The second-order valence-electron chi connectivity index (χ2n) is 1.37. The van der Waals surface area contributed by atoms with E-state index in [2.05, 4.69) is 32.9 Å². The van der Waals surface area contributed by atoms with Crippen LogP contribution in [0.3, 0.4) is 0 Å². The van der Waals surface area contributed by atoms with Crippen molar-refractivity contribution in [2.45, 2.75) is 0 Å². The van der Waals surface area contributed by atoms with Gasteiger partial charge in [-0.3, -0.25) is 0 Å². The van der Waals surface area contributed by atoms with Crippen LogP contribution in [0.5, 0.6) is 0 Å². The first-order valence-electron chi connectivity index (χ1n) is 2.40. The summed E-state index contributed by atoms with van der Waals surface area (Å²) in [6.45, 7) is 1.78. The summed E-state index contributed by atoms with van der Waals surface area (Å²) in [5.74, 6) is 0. The lowest BCUT2D eigenvalue weighted by atomic mass is 10.7. The molecule has 3 nitrogen and oxygen atoms in total. The molecule has 0 aliphatic carbocycles. The zero-order valence-corrected chi connectivity index (χ0v) is 6.51. The van der Waals surface area contributed by atoms with Gasteiger partial charge in [-0.25, -0.2) is 4.99 Å². The van der Waals surface area contributed by atoms with Crippen LogP contribution in [0, 0.1) is 0 Å². The maximum Gasteiger partial charge on any atom is 0.285 e. The highest BCUT2D eigenvalue weighted by atomic mass is 127. The third kappa shape index (κ3) is 1.50. The fraction of sp³-hybridized carbons (Fsp3) is 0.750. The van der Waals surface area contributed by atoms with Gasteiger partial charge in [0.05, 0.1) is 6.54 Å². The third-order valence-corrected chi connectivity index (χ3v) is 1.15. The second-order valence-corrected chi connectivity index (χ2v) is 1.99. The Morgan fingerprint density at radius 3 is 3.25 bits per heavy atom. The van der Waals surface area contributed by atoms with E-state index in [0.717, 1.165) is 13.1 Å². The molecular formula is C4H7IN2O. The molecule has 4 heteroatoms. The molecular weight excluding hydrogens is 219 g/mol. The molecule has 1 heterocycles. The molecule has 0 aromatic carbocycles. The van der Waals surface area contributed by atoms with Crippen LogP contribution in [0.4, 0.5) is 0 Å². The molecule has 0 aromatic heterocycles. The minimum Gasteiger partial charge on any atom is -0.455 e. The summed E-state index contributed by atoms with van der Waals surface area (Å²) in [6, 6.07) is 0.694. The molecule has 8 heavy (non-hydrogen) atoms. The van der Waals surface area contributed by atoms with Gasteiger partial charge in [-0.2, -0.15) is 0 Å². The Morgan fingerprint density at radius 2 is 2.75 bits per heavy atom. The van der Waals surface area contributed by atoms with Crippen molar-refractivity contribution in [2.75, 3.05) is 17.7 Å². The van der Waals surface area contributed by atoms with E-state index < -0.39 is 0 Å². The van der Waals surface area contributed by atoms with Crippen LogP contribution in [0.2, 0.25) is 0 Å². The van der Waals surface area contributed by atoms with E-state index in [9.17, 15) is 0 Å². The molecule has 0 aromatic rings. The van der Waals surface area contributed by atoms with E-state index in [-0.39, 0.29) is 0 Å². The van der Waals surface area contributed by atoms with Gasteiger partial charge in [0, 0.05) is 6.54 Å². The summed E-state index contributed by atoms with van der Waals surface area (Å²) in [7, 11) is 0. The lowest BCUT2D eigenvalue weighted by Gasteiger charge is -1.98. The average molecular weight is 226 g/mol. The number of aliphatic imine (C=N–C) groups is 1. The second kappa shape index (κ2) is 3.11. The standard InChI is InChI=1S/C4H7IN2O/c5-3-8-4-6-1-2-7-4/h1-3H2,(H,6,7). The Balaban J connectivity index is 2.23. The molecule has 0 bridgehead atoms. The lowest BCUT2D eigenvalue weighted by Crippen LogP contribution is -2.20. The Bertz CT molecular complexity index is 104. The number of nitrogens with one attached hydrogen (secondary N) is 1. The van der Waals surface area contributed by atoms with Gasteiger partial charge in [-0.1, -0.05) is 0 Å². The highest BCUT2D eigenvalue weighted by Gasteiger charge is 2.02. The van der Waals surface area contributed by atoms with Crippen molar-refractivity contribution in [3.8, 4) is 0 Å². The summed E-state index contributed by atoms with van der Waals surface area (Å²) >= 11 is 2.13. The van der Waals surface area contributed by atoms with Crippen molar-refractivity contribution in [1.82, 2.24) is 5.32 Å². The maximum absolute atomic E-state index is 5.03. The van der Waals surface area contributed by atoms with Crippen LogP contribution in [-0.4, -0.2) is 23.7 Å². The van der Waals surface area contributed by atoms with Gasteiger partial charge in [0.15, 0.2) is 0 Å². The molecule has 46 valence electrons. The average Bonchev–Trinajstić information content (AvgIpc) is 2.19. The predicted octanol–water partition coefficient (Wildman–Crippen LogP) is 0.355. The lowest BCUT2D eigenvalue weighted by molar-refractivity contribution is 0.378. The molecule has 0 atom stereocenters. The molecule has 0 unspecified atom stereocenters. The quantitative estimate of drug-likeness (QED) is 0.517. The number of amidine groups is 1. The summed E-state index contributed by atoms with van der Waals surface area (Å²) < 4.78 is 5.70. The molecule has 0 saturated heterocycles. The van der Waals surface area contributed by atoms with Crippen molar-refractivity contribution < 1.29 is 4.74 Å². The SMILES string of the molecule is ICOC1=NCCN1. The summed E-state index contributed by atoms with van der Waals surface area (Å²) in [5, 5.41) is 2.98. The van der Waals surface area contributed by atoms with Gasteiger partial charge in [0.2, 0.25) is 0 Å². The fourth-order valence-corrected chi connectivity index (χ4v) is 0.820. The van der Waals surface area contributed by atoms with Crippen LogP contribution < -0.4 is 5.32 Å². The summed E-state index contributed by atoms with van der Waals surface area (Å²) in [4.78, 5) is 4.00. The Labute approximate surface area is 61.6 Å². The zero-order valence-electron chi connectivity index (χ0n) is 4.35. The van der Waals surface area contributed by atoms with Crippen LogP contribution in [-0.2, 0) is 4.74 Å². The number of halogens is 1. The van der Waals surface area contributed by atoms with Crippen molar-refractivity contribution in [3.63, 3.8) is 0 Å². The first-order chi connectivity index (χ1) is 3.93. The molecule has 1 aliphatic rings.